The molecule has 0 saturated heterocycles. The Balaban J connectivity index is 1.88. The molecule has 0 radical (unpaired) electrons. The van der Waals surface area contributed by atoms with Gasteiger partial charge in [0.2, 0.25) is 0 Å². The number of hydrogen-bond acceptors (Lipinski definition) is 2. The van der Waals surface area contributed by atoms with Gasteiger partial charge in [-0.3, -0.25) is 4.79 Å². The molecule has 1 unspecified atom stereocenters. The molecule has 140 valence electrons. The largest absolute Gasteiger partial charge is 0.349 e. The number of nitriles is 1. The second kappa shape index (κ2) is 7.84. The van der Waals surface area contributed by atoms with Crippen LogP contribution in [0.1, 0.15) is 53.9 Å². The van der Waals surface area contributed by atoms with Crippen LogP contribution in [0.4, 0.5) is 0 Å². The van der Waals surface area contributed by atoms with Gasteiger partial charge in [0.1, 0.15) is 11.6 Å². The van der Waals surface area contributed by atoms with Gasteiger partial charge in [-0.05, 0) is 61.9 Å². The fraction of sp³-hybridized carbons (Fsp3) is 0.391. The maximum atomic E-state index is 13.0. The highest BCUT2D eigenvalue weighted by Gasteiger charge is 2.29. The van der Waals surface area contributed by atoms with Crippen molar-refractivity contribution in [3.8, 4) is 6.07 Å². The van der Waals surface area contributed by atoms with Crippen LogP contribution in [0.15, 0.2) is 35.9 Å². The molecule has 3 rings (SSSR count). The van der Waals surface area contributed by atoms with Crippen molar-refractivity contribution in [2.45, 2.75) is 52.6 Å². The Hall–Kier alpha value is -2.80. The van der Waals surface area contributed by atoms with E-state index in [9.17, 15) is 10.1 Å². The Morgan fingerprint density at radius 1 is 1.37 bits per heavy atom. The summed E-state index contributed by atoms with van der Waals surface area (Å²) in [6.45, 7) is 7.20. The number of fused-ring (bicyclic) bond motifs is 1. The molecule has 0 fully saturated rings. The third-order valence-corrected chi connectivity index (χ3v) is 5.60. The minimum atomic E-state index is -0.209. The van der Waals surface area contributed by atoms with Gasteiger partial charge in [0, 0.05) is 25.0 Å². The van der Waals surface area contributed by atoms with E-state index in [0.29, 0.717) is 0 Å². The third-order valence-electron chi connectivity index (χ3n) is 5.60. The maximum absolute atomic E-state index is 13.0. The summed E-state index contributed by atoms with van der Waals surface area (Å²) in [7, 11) is 1.81. The standard InChI is InChI=1S/C23H27N3O/c1-5-12-26-16(2)13-19(17(26)3)14-20(15-24)23(27)25(4)22-11-10-18-8-6-7-9-21(18)22/h6-9,13-14,22H,5,10-12H2,1-4H3/b20-14-. The number of aromatic nitrogens is 1. The number of nitrogens with zero attached hydrogens (tertiary/aromatic N) is 3. The van der Waals surface area contributed by atoms with Gasteiger partial charge in [0.25, 0.3) is 5.91 Å². The first-order valence-electron chi connectivity index (χ1n) is 9.61. The van der Waals surface area contributed by atoms with Crippen molar-refractivity contribution < 1.29 is 4.79 Å². The average Bonchev–Trinajstić information content (AvgIpc) is 3.21. The summed E-state index contributed by atoms with van der Waals surface area (Å²) in [4.78, 5) is 14.8. The lowest BCUT2D eigenvalue weighted by Gasteiger charge is -2.25. The molecule has 27 heavy (non-hydrogen) atoms. The first-order chi connectivity index (χ1) is 13.0. The summed E-state index contributed by atoms with van der Waals surface area (Å²) in [6.07, 6.45) is 4.68. The molecule has 0 bridgehead atoms. The summed E-state index contributed by atoms with van der Waals surface area (Å²) in [6, 6.07) is 12.5. The van der Waals surface area contributed by atoms with Gasteiger partial charge in [0.15, 0.2) is 0 Å². The Morgan fingerprint density at radius 3 is 2.81 bits per heavy atom. The number of benzene rings is 1. The number of amides is 1. The molecule has 1 aromatic carbocycles. The number of rotatable bonds is 5. The molecular weight excluding hydrogens is 334 g/mol. The van der Waals surface area contributed by atoms with E-state index in [1.165, 1.54) is 11.1 Å². The normalized spacial score (nSPS) is 16.1. The fourth-order valence-corrected chi connectivity index (χ4v) is 4.11. The fourth-order valence-electron chi connectivity index (χ4n) is 4.11. The van der Waals surface area contributed by atoms with Crippen LogP contribution in [0.2, 0.25) is 0 Å². The first kappa shape index (κ1) is 19.0. The molecule has 0 N–H and O–H groups in total. The quantitative estimate of drug-likeness (QED) is 0.579. The van der Waals surface area contributed by atoms with Gasteiger partial charge in [0.05, 0.1) is 6.04 Å². The van der Waals surface area contributed by atoms with Crippen molar-refractivity contribution in [3.63, 3.8) is 0 Å². The zero-order valence-electron chi connectivity index (χ0n) is 16.6. The number of likely N-dealkylation sites (N-methyl/N-ethyl adjacent to an activating group) is 1. The highest BCUT2D eigenvalue weighted by Crippen LogP contribution is 2.35. The molecule has 4 nitrogen and oxygen atoms in total. The first-order valence-corrected chi connectivity index (χ1v) is 9.61. The van der Waals surface area contributed by atoms with E-state index in [0.717, 1.165) is 42.8 Å². The highest BCUT2D eigenvalue weighted by atomic mass is 16.2. The van der Waals surface area contributed by atoms with Crippen molar-refractivity contribution in [2.24, 2.45) is 0 Å². The molecule has 0 spiro atoms. The predicted octanol–water partition coefficient (Wildman–Crippen LogP) is 4.57. The molecule has 0 aliphatic heterocycles. The van der Waals surface area contributed by atoms with E-state index in [1.54, 1.807) is 18.0 Å². The minimum Gasteiger partial charge on any atom is -0.349 e. The number of carbonyl (C=O) groups excluding carboxylic acids is 1. The van der Waals surface area contributed by atoms with Crippen molar-refractivity contribution in [2.75, 3.05) is 7.05 Å². The van der Waals surface area contributed by atoms with E-state index >= 15 is 0 Å². The van der Waals surface area contributed by atoms with E-state index in [-0.39, 0.29) is 17.5 Å². The third kappa shape index (κ3) is 3.55. The van der Waals surface area contributed by atoms with Crippen LogP contribution in [0.5, 0.6) is 0 Å². The van der Waals surface area contributed by atoms with E-state index in [4.69, 9.17) is 0 Å². The van der Waals surface area contributed by atoms with E-state index < -0.39 is 0 Å². The topological polar surface area (TPSA) is 49.0 Å². The second-order valence-corrected chi connectivity index (χ2v) is 7.32. The van der Waals surface area contributed by atoms with Crippen LogP contribution >= 0.6 is 0 Å². The Kier molecular flexibility index (Phi) is 5.51. The van der Waals surface area contributed by atoms with Crippen LogP contribution in [0.3, 0.4) is 0 Å². The molecule has 1 amide bonds. The van der Waals surface area contributed by atoms with Crippen LogP contribution in [-0.4, -0.2) is 22.4 Å². The monoisotopic (exact) mass is 361 g/mol. The molecule has 1 aromatic heterocycles. The lowest BCUT2D eigenvalue weighted by molar-refractivity contribution is -0.127. The number of aryl methyl sites for hydroxylation is 2. The van der Waals surface area contributed by atoms with Crippen LogP contribution in [0, 0.1) is 25.2 Å². The van der Waals surface area contributed by atoms with Gasteiger partial charge in [-0.15, -0.1) is 0 Å². The van der Waals surface area contributed by atoms with Gasteiger partial charge in [-0.2, -0.15) is 5.26 Å². The van der Waals surface area contributed by atoms with Crippen molar-refractivity contribution in [3.05, 3.63) is 64.0 Å². The van der Waals surface area contributed by atoms with Crippen LogP contribution in [-0.2, 0) is 17.8 Å². The Labute approximate surface area is 161 Å². The SMILES string of the molecule is CCCn1c(C)cc(/C=C(/C#N)C(=O)N(C)C2CCc3ccccc32)c1C. The summed E-state index contributed by atoms with van der Waals surface area (Å²) in [5, 5.41) is 9.64. The molecule has 1 heterocycles. The molecule has 1 aliphatic carbocycles. The number of carbonyl (C=O) groups is 1. The molecular formula is C23H27N3O. The van der Waals surface area contributed by atoms with Gasteiger partial charge < -0.3 is 9.47 Å². The summed E-state index contributed by atoms with van der Waals surface area (Å²) < 4.78 is 2.24. The lowest BCUT2D eigenvalue weighted by atomic mass is 10.1. The maximum Gasteiger partial charge on any atom is 0.264 e. The second-order valence-electron chi connectivity index (χ2n) is 7.32. The van der Waals surface area contributed by atoms with E-state index in [1.807, 2.05) is 19.1 Å². The summed E-state index contributed by atoms with van der Waals surface area (Å²) >= 11 is 0. The molecule has 1 atom stereocenters. The molecule has 1 aliphatic rings. The average molecular weight is 361 g/mol. The summed E-state index contributed by atoms with van der Waals surface area (Å²) in [5.74, 6) is -0.209. The van der Waals surface area contributed by atoms with Crippen molar-refractivity contribution in [1.29, 1.82) is 5.26 Å². The van der Waals surface area contributed by atoms with E-state index in [2.05, 4.69) is 42.7 Å². The smallest absolute Gasteiger partial charge is 0.264 e. The zero-order chi connectivity index (χ0) is 19.6. The van der Waals surface area contributed by atoms with Crippen molar-refractivity contribution >= 4 is 12.0 Å². The lowest BCUT2D eigenvalue weighted by Crippen LogP contribution is -2.31. The molecule has 0 saturated carbocycles. The molecule has 4 heteroatoms. The minimum absolute atomic E-state index is 0.0398. The predicted molar refractivity (Wildman–Crippen MR) is 108 cm³/mol. The Bertz CT molecular complexity index is 930. The molecule has 2 aromatic rings. The van der Waals surface area contributed by atoms with Crippen molar-refractivity contribution in [1.82, 2.24) is 9.47 Å². The number of hydrogen-bond donors (Lipinski definition) is 0. The zero-order valence-corrected chi connectivity index (χ0v) is 16.6. The van der Waals surface area contributed by atoms with Gasteiger partial charge in [-0.1, -0.05) is 31.2 Å². The van der Waals surface area contributed by atoms with Crippen LogP contribution < -0.4 is 0 Å². The van der Waals surface area contributed by atoms with Crippen LogP contribution in [0.25, 0.3) is 6.08 Å². The van der Waals surface area contributed by atoms with Gasteiger partial charge in [-0.25, -0.2) is 0 Å². The Morgan fingerprint density at radius 2 is 2.11 bits per heavy atom. The summed E-state index contributed by atoms with van der Waals surface area (Å²) in [5.41, 5.74) is 5.90. The van der Waals surface area contributed by atoms with Gasteiger partial charge >= 0.3 is 0 Å². The highest BCUT2D eigenvalue weighted by molar-refractivity contribution is 6.02.